The molecule has 0 spiro atoms. The lowest BCUT2D eigenvalue weighted by Gasteiger charge is -2.14. The molecule has 2 rings (SSSR count). The highest BCUT2D eigenvalue weighted by molar-refractivity contribution is 6.17. The van der Waals surface area contributed by atoms with Crippen molar-refractivity contribution >= 4 is 23.2 Å². The molecule has 1 heterocycles. The minimum atomic E-state index is -0.499. The van der Waals surface area contributed by atoms with E-state index in [1.54, 1.807) is 19.1 Å². The summed E-state index contributed by atoms with van der Waals surface area (Å²) in [5.41, 5.74) is 0.913. The second kappa shape index (κ2) is 6.35. The highest BCUT2D eigenvalue weighted by Crippen LogP contribution is 2.24. The lowest BCUT2D eigenvalue weighted by atomic mass is 10.2. The maximum Gasteiger partial charge on any atom is 0.277 e. The summed E-state index contributed by atoms with van der Waals surface area (Å²) in [4.78, 5) is 35.3. The molecule has 0 aliphatic carbocycles. The van der Waals surface area contributed by atoms with Gasteiger partial charge in [0.15, 0.2) is 0 Å². The molecule has 0 aromatic heterocycles. The standard InChI is InChI=1S/C14H15N3O5/c1-9-3-4-10(7-12(9)17(20)21)15-11-8-13(18)16(14(11)19)5-6-22-2/h3-4,7-8,15H,5-6H2,1-2H3. The quantitative estimate of drug-likeness (QED) is 0.481. The van der Waals surface area contributed by atoms with Gasteiger partial charge < -0.3 is 10.1 Å². The second-order valence-corrected chi connectivity index (χ2v) is 4.73. The Morgan fingerprint density at radius 1 is 1.36 bits per heavy atom. The molecule has 0 unspecified atom stereocenters. The van der Waals surface area contributed by atoms with E-state index in [0.29, 0.717) is 11.3 Å². The number of ether oxygens (including phenoxy) is 1. The molecule has 0 saturated carbocycles. The molecule has 0 bridgehead atoms. The van der Waals surface area contributed by atoms with Gasteiger partial charge in [-0.2, -0.15) is 0 Å². The number of imide groups is 1. The number of nitro benzene ring substituents is 1. The van der Waals surface area contributed by atoms with Gasteiger partial charge in [-0.05, 0) is 13.0 Å². The van der Waals surface area contributed by atoms with E-state index < -0.39 is 16.7 Å². The number of benzene rings is 1. The highest BCUT2D eigenvalue weighted by Gasteiger charge is 2.30. The van der Waals surface area contributed by atoms with Crippen molar-refractivity contribution in [1.82, 2.24) is 4.90 Å². The lowest BCUT2D eigenvalue weighted by molar-refractivity contribution is -0.385. The maximum atomic E-state index is 12.1. The van der Waals surface area contributed by atoms with Crippen molar-refractivity contribution in [3.8, 4) is 0 Å². The Balaban J connectivity index is 2.16. The number of nitrogens with zero attached hydrogens (tertiary/aromatic N) is 2. The normalized spacial score (nSPS) is 14.3. The van der Waals surface area contributed by atoms with Crippen LogP contribution in [0.2, 0.25) is 0 Å². The fourth-order valence-corrected chi connectivity index (χ4v) is 2.03. The van der Waals surface area contributed by atoms with Crippen LogP contribution >= 0.6 is 0 Å². The number of anilines is 1. The summed E-state index contributed by atoms with van der Waals surface area (Å²) in [5.74, 6) is -0.920. The summed E-state index contributed by atoms with van der Waals surface area (Å²) in [5, 5.41) is 13.7. The average Bonchev–Trinajstić information content (AvgIpc) is 2.73. The van der Waals surface area contributed by atoms with Gasteiger partial charge in [0.1, 0.15) is 5.70 Å². The Kier molecular flexibility index (Phi) is 4.52. The third-order valence-corrected chi connectivity index (χ3v) is 3.21. The first-order valence-corrected chi connectivity index (χ1v) is 6.52. The molecular weight excluding hydrogens is 290 g/mol. The number of amides is 2. The molecule has 1 aliphatic heterocycles. The zero-order valence-electron chi connectivity index (χ0n) is 12.2. The molecule has 1 N–H and O–H groups in total. The molecule has 8 heteroatoms. The number of carbonyl (C=O) groups is 2. The van der Waals surface area contributed by atoms with E-state index in [1.807, 2.05) is 0 Å². The Hall–Kier alpha value is -2.74. The third kappa shape index (κ3) is 3.12. The van der Waals surface area contributed by atoms with Crippen LogP contribution in [-0.2, 0) is 14.3 Å². The number of hydrogen-bond acceptors (Lipinski definition) is 6. The van der Waals surface area contributed by atoms with Gasteiger partial charge in [0.05, 0.1) is 18.1 Å². The van der Waals surface area contributed by atoms with Crippen LogP contribution in [0.1, 0.15) is 5.56 Å². The van der Waals surface area contributed by atoms with Gasteiger partial charge in [0.2, 0.25) is 0 Å². The zero-order valence-corrected chi connectivity index (χ0v) is 12.2. The number of aryl methyl sites for hydroxylation is 1. The van der Waals surface area contributed by atoms with E-state index in [4.69, 9.17) is 4.74 Å². The van der Waals surface area contributed by atoms with Crippen LogP contribution in [-0.4, -0.2) is 41.9 Å². The number of rotatable bonds is 6. The van der Waals surface area contributed by atoms with Gasteiger partial charge in [-0.1, -0.05) is 6.07 Å². The molecule has 1 aliphatic rings. The van der Waals surface area contributed by atoms with E-state index in [2.05, 4.69) is 5.32 Å². The minimum absolute atomic E-state index is 0.0568. The van der Waals surface area contributed by atoms with E-state index in [1.165, 1.54) is 19.3 Å². The third-order valence-electron chi connectivity index (χ3n) is 3.21. The predicted molar refractivity (Wildman–Crippen MR) is 78.1 cm³/mol. The number of carbonyl (C=O) groups excluding carboxylic acids is 2. The molecule has 2 amide bonds. The molecular formula is C14H15N3O5. The minimum Gasteiger partial charge on any atom is -0.383 e. The van der Waals surface area contributed by atoms with E-state index >= 15 is 0 Å². The van der Waals surface area contributed by atoms with Crippen LogP contribution in [0.25, 0.3) is 0 Å². The molecule has 0 atom stereocenters. The number of nitrogens with one attached hydrogen (secondary N) is 1. The van der Waals surface area contributed by atoms with Crippen LogP contribution < -0.4 is 5.32 Å². The topological polar surface area (TPSA) is 102 Å². The molecule has 0 saturated heterocycles. The van der Waals surface area contributed by atoms with Crippen molar-refractivity contribution in [2.75, 3.05) is 25.6 Å². The Bertz CT molecular complexity index is 668. The monoisotopic (exact) mass is 305 g/mol. The van der Waals surface area contributed by atoms with Crippen LogP contribution in [0.15, 0.2) is 30.0 Å². The Labute approximate surface area is 126 Å². The van der Waals surface area contributed by atoms with E-state index in [9.17, 15) is 19.7 Å². The number of nitro groups is 1. The molecule has 8 nitrogen and oxygen atoms in total. The summed E-state index contributed by atoms with van der Waals surface area (Å²) < 4.78 is 4.84. The first kappa shape index (κ1) is 15.6. The summed E-state index contributed by atoms with van der Waals surface area (Å²) in [6.07, 6.45) is 1.17. The maximum absolute atomic E-state index is 12.1. The smallest absolute Gasteiger partial charge is 0.277 e. The van der Waals surface area contributed by atoms with Crippen LogP contribution in [0.4, 0.5) is 11.4 Å². The fourth-order valence-electron chi connectivity index (χ4n) is 2.03. The van der Waals surface area contributed by atoms with Crippen LogP contribution in [0.5, 0.6) is 0 Å². The SMILES string of the molecule is COCCN1C(=O)C=C(Nc2ccc(C)c([N+](=O)[O-])c2)C1=O. The van der Waals surface area contributed by atoms with Crippen molar-refractivity contribution in [3.05, 3.63) is 45.6 Å². The van der Waals surface area contributed by atoms with Crippen molar-refractivity contribution < 1.29 is 19.2 Å². The van der Waals surface area contributed by atoms with Crippen molar-refractivity contribution in [2.45, 2.75) is 6.92 Å². The van der Waals surface area contributed by atoms with E-state index in [0.717, 1.165) is 4.90 Å². The highest BCUT2D eigenvalue weighted by atomic mass is 16.6. The van der Waals surface area contributed by atoms with Crippen LogP contribution in [0.3, 0.4) is 0 Å². The van der Waals surface area contributed by atoms with Crippen molar-refractivity contribution in [1.29, 1.82) is 0 Å². The van der Waals surface area contributed by atoms with Gasteiger partial charge in [0, 0.05) is 30.5 Å². The second-order valence-electron chi connectivity index (χ2n) is 4.73. The van der Waals surface area contributed by atoms with Gasteiger partial charge >= 0.3 is 0 Å². The summed E-state index contributed by atoms with van der Waals surface area (Å²) >= 11 is 0. The summed E-state index contributed by atoms with van der Waals surface area (Å²) in [6, 6.07) is 4.51. The van der Waals surface area contributed by atoms with E-state index in [-0.39, 0.29) is 24.5 Å². The van der Waals surface area contributed by atoms with Crippen molar-refractivity contribution in [2.24, 2.45) is 0 Å². The molecule has 116 valence electrons. The zero-order chi connectivity index (χ0) is 16.3. The molecule has 1 aromatic rings. The van der Waals surface area contributed by atoms with Gasteiger partial charge in [-0.25, -0.2) is 0 Å². The first-order chi connectivity index (χ1) is 10.4. The van der Waals surface area contributed by atoms with Gasteiger partial charge in [-0.3, -0.25) is 24.6 Å². The number of hydrogen-bond donors (Lipinski definition) is 1. The lowest BCUT2D eigenvalue weighted by Crippen LogP contribution is -2.34. The van der Waals surface area contributed by atoms with Crippen molar-refractivity contribution in [3.63, 3.8) is 0 Å². The Morgan fingerprint density at radius 2 is 2.09 bits per heavy atom. The number of methoxy groups -OCH3 is 1. The largest absolute Gasteiger partial charge is 0.383 e. The Morgan fingerprint density at radius 3 is 2.73 bits per heavy atom. The molecule has 22 heavy (non-hydrogen) atoms. The summed E-state index contributed by atoms with van der Waals surface area (Å²) in [7, 11) is 1.48. The van der Waals surface area contributed by atoms with Gasteiger partial charge in [-0.15, -0.1) is 0 Å². The fraction of sp³-hybridized carbons (Fsp3) is 0.286. The predicted octanol–water partition coefficient (Wildman–Crippen LogP) is 1.21. The van der Waals surface area contributed by atoms with Crippen LogP contribution in [0, 0.1) is 17.0 Å². The average molecular weight is 305 g/mol. The summed E-state index contributed by atoms with van der Waals surface area (Å²) in [6.45, 7) is 2.02. The van der Waals surface area contributed by atoms with Gasteiger partial charge in [0.25, 0.3) is 17.5 Å². The first-order valence-electron chi connectivity index (χ1n) is 6.52. The molecule has 0 radical (unpaired) electrons. The molecule has 0 fully saturated rings. The molecule has 1 aromatic carbocycles.